The molecule has 1 heterocycles. The minimum atomic E-state index is 0. The smallest absolute Gasteiger partial charge is 0.224 e. The van der Waals surface area contributed by atoms with E-state index in [4.69, 9.17) is 0 Å². The first-order valence-electron chi connectivity index (χ1n) is 9.71. The molecule has 0 aliphatic rings. The predicted octanol–water partition coefficient (Wildman–Crippen LogP) is 4.62. The second kappa shape index (κ2) is 12.8. The number of guanidine groups is 1. The van der Waals surface area contributed by atoms with Gasteiger partial charge in [0.25, 0.3) is 0 Å². The van der Waals surface area contributed by atoms with E-state index in [1.54, 1.807) is 11.3 Å². The highest BCUT2D eigenvalue weighted by Crippen LogP contribution is 2.16. The molecule has 0 saturated heterocycles. The number of aromatic nitrogens is 1. The number of anilines is 1. The van der Waals surface area contributed by atoms with Crippen LogP contribution in [0.15, 0.2) is 29.3 Å². The van der Waals surface area contributed by atoms with Crippen molar-refractivity contribution in [1.29, 1.82) is 0 Å². The van der Waals surface area contributed by atoms with E-state index in [1.165, 1.54) is 4.88 Å². The zero-order chi connectivity index (χ0) is 20.5. The highest BCUT2D eigenvalue weighted by molar-refractivity contribution is 14.0. The number of halogens is 1. The molecule has 8 heteroatoms. The Hall–Kier alpha value is -1.68. The zero-order valence-electron chi connectivity index (χ0n) is 17.8. The molecule has 2 rings (SSSR count). The topological polar surface area (TPSA) is 78.4 Å². The molecular weight excluding hydrogens is 497 g/mol. The van der Waals surface area contributed by atoms with E-state index >= 15 is 0 Å². The summed E-state index contributed by atoms with van der Waals surface area (Å²) in [5.41, 5.74) is 2.92. The Kier molecular flexibility index (Phi) is 11.2. The Labute approximate surface area is 195 Å². The van der Waals surface area contributed by atoms with Gasteiger partial charge in [0, 0.05) is 23.5 Å². The number of aryl methyl sites for hydroxylation is 2. The van der Waals surface area contributed by atoms with Crippen molar-refractivity contribution >= 4 is 52.9 Å². The number of thiazole rings is 1. The molecule has 0 unspecified atom stereocenters. The lowest BCUT2D eigenvalue weighted by Crippen LogP contribution is -2.36. The molecule has 160 valence electrons. The van der Waals surface area contributed by atoms with Crippen LogP contribution in [0.25, 0.3) is 0 Å². The molecule has 3 N–H and O–H groups in total. The molecule has 1 amide bonds. The van der Waals surface area contributed by atoms with Gasteiger partial charge < -0.3 is 16.0 Å². The van der Waals surface area contributed by atoms with E-state index in [0.717, 1.165) is 34.5 Å². The molecule has 6 nitrogen and oxygen atoms in total. The molecule has 0 atom stereocenters. The summed E-state index contributed by atoms with van der Waals surface area (Å²) in [6.45, 7) is 12.2. The van der Waals surface area contributed by atoms with E-state index in [9.17, 15) is 4.79 Å². The summed E-state index contributed by atoms with van der Waals surface area (Å²) in [4.78, 5) is 22.3. The van der Waals surface area contributed by atoms with E-state index in [2.05, 4.69) is 25.9 Å². The minimum absolute atomic E-state index is 0. The van der Waals surface area contributed by atoms with Crippen LogP contribution in [-0.2, 0) is 17.9 Å². The van der Waals surface area contributed by atoms with E-state index in [1.807, 2.05) is 58.9 Å². The number of carbonyl (C=O) groups is 1. The van der Waals surface area contributed by atoms with Crippen LogP contribution in [0.3, 0.4) is 0 Å². The second-order valence-corrected chi connectivity index (χ2v) is 8.42. The lowest BCUT2D eigenvalue weighted by Gasteiger charge is -2.11. The molecule has 2 aromatic rings. The Morgan fingerprint density at radius 3 is 2.62 bits per heavy atom. The fraction of sp³-hybridized carbons (Fsp3) is 0.476. The molecular formula is C21H32IN5OS. The van der Waals surface area contributed by atoms with Gasteiger partial charge in [0.05, 0.1) is 23.8 Å². The Bertz CT molecular complexity index is 819. The van der Waals surface area contributed by atoms with Crippen molar-refractivity contribution in [3.8, 4) is 0 Å². The highest BCUT2D eigenvalue weighted by Gasteiger charge is 2.07. The van der Waals surface area contributed by atoms with Crippen LogP contribution in [0.2, 0.25) is 0 Å². The summed E-state index contributed by atoms with van der Waals surface area (Å²) in [6.07, 6.45) is 0.521. The van der Waals surface area contributed by atoms with Crippen LogP contribution in [0.1, 0.15) is 48.3 Å². The number of aliphatic imine (C=N–C) groups is 1. The number of rotatable bonds is 8. The fourth-order valence-corrected chi connectivity index (χ4v) is 3.62. The largest absolute Gasteiger partial charge is 0.357 e. The van der Waals surface area contributed by atoms with Gasteiger partial charge in [-0.15, -0.1) is 35.3 Å². The second-order valence-electron chi connectivity index (χ2n) is 7.14. The third-order valence-electron chi connectivity index (χ3n) is 3.98. The van der Waals surface area contributed by atoms with Crippen molar-refractivity contribution in [1.82, 2.24) is 15.6 Å². The number of hydrogen-bond acceptors (Lipinski definition) is 4. The van der Waals surface area contributed by atoms with Crippen LogP contribution in [0, 0.1) is 19.8 Å². The average Bonchev–Trinajstić information content (AvgIpc) is 2.94. The van der Waals surface area contributed by atoms with Gasteiger partial charge in [0.1, 0.15) is 0 Å². The Balaban J connectivity index is 0.00000420. The van der Waals surface area contributed by atoms with Crippen LogP contribution in [-0.4, -0.2) is 23.4 Å². The number of benzene rings is 1. The number of hydrogen-bond donors (Lipinski definition) is 3. The van der Waals surface area contributed by atoms with Crippen molar-refractivity contribution < 1.29 is 4.79 Å². The number of amides is 1. The standard InChI is InChI=1S/C21H31N5OS.HI/c1-6-22-21(24-13-19-15(4)25-16(5)28-19)23-12-17-8-7-9-18(11-17)26-20(27)10-14(2)3;/h7-9,11,14H,6,10,12-13H2,1-5H3,(H,26,27)(H2,22,23,24);1H. The summed E-state index contributed by atoms with van der Waals surface area (Å²) >= 11 is 1.70. The SMILES string of the molecule is CCNC(=NCc1cccc(NC(=O)CC(C)C)c1)NCc1sc(C)nc1C.I. The maximum atomic E-state index is 12.0. The van der Waals surface area contributed by atoms with Gasteiger partial charge in [-0.2, -0.15) is 0 Å². The third kappa shape index (κ3) is 9.12. The third-order valence-corrected chi connectivity index (χ3v) is 5.06. The molecule has 0 radical (unpaired) electrons. The fourth-order valence-electron chi connectivity index (χ4n) is 2.74. The summed E-state index contributed by atoms with van der Waals surface area (Å²) in [7, 11) is 0. The predicted molar refractivity (Wildman–Crippen MR) is 133 cm³/mol. The first-order chi connectivity index (χ1) is 13.4. The average molecular weight is 529 g/mol. The number of nitrogens with zero attached hydrogens (tertiary/aromatic N) is 2. The van der Waals surface area contributed by atoms with Gasteiger partial charge in [0.2, 0.25) is 5.91 Å². The van der Waals surface area contributed by atoms with E-state index < -0.39 is 0 Å². The first-order valence-corrected chi connectivity index (χ1v) is 10.5. The van der Waals surface area contributed by atoms with Gasteiger partial charge in [-0.05, 0) is 44.4 Å². The van der Waals surface area contributed by atoms with Gasteiger partial charge in [-0.25, -0.2) is 9.98 Å². The molecule has 0 saturated carbocycles. The van der Waals surface area contributed by atoms with E-state index in [-0.39, 0.29) is 29.9 Å². The summed E-state index contributed by atoms with van der Waals surface area (Å²) in [6, 6.07) is 7.84. The van der Waals surface area contributed by atoms with Crippen LogP contribution >= 0.6 is 35.3 Å². The molecule has 0 fully saturated rings. The monoisotopic (exact) mass is 529 g/mol. The maximum Gasteiger partial charge on any atom is 0.224 e. The quantitative estimate of drug-likeness (QED) is 0.265. The van der Waals surface area contributed by atoms with Crippen molar-refractivity contribution in [2.24, 2.45) is 10.9 Å². The molecule has 0 aliphatic heterocycles. The molecule has 0 spiro atoms. The highest BCUT2D eigenvalue weighted by atomic mass is 127. The lowest BCUT2D eigenvalue weighted by molar-refractivity contribution is -0.116. The number of nitrogens with one attached hydrogen (secondary N) is 3. The molecule has 29 heavy (non-hydrogen) atoms. The summed E-state index contributed by atoms with van der Waals surface area (Å²) in [5.74, 6) is 1.15. The summed E-state index contributed by atoms with van der Waals surface area (Å²) in [5, 5.41) is 10.7. The minimum Gasteiger partial charge on any atom is -0.357 e. The van der Waals surface area contributed by atoms with Crippen molar-refractivity contribution in [3.63, 3.8) is 0 Å². The van der Waals surface area contributed by atoms with Crippen LogP contribution in [0.4, 0.5) is 5.69 Å². The van der Waals surface area contributed by atoms with Gasteiger partial charge in [-0.1, -0.05) is 26.0 Å². The molecule has 1 aromatic heterocycles. The zero-order valence-corrected chi connectivity index (χ0v) is 21.0. The van der Waals surface area contributed by atoms with Crippen LogP contribution in [0.5, 0.6) is 0 Å². The molecule has 1 aromatic carbocycles. The van der Waals surface area contributed by atoms with Gasteiger partial charge >= 0.3 is 0 Å². The van der Waals surface area contributed by atoms with Crippen molar-refractivity contribution in [2.45, 2.75) is 54.1 Å². The summed E-state index contributed by atoms with van der Waals surface area (Å²) < 4.78 is 0. The van der Waals surface area contributed by atoms with Crippen LogP contribution < -0.4 is 16.0 Å². The van der Waals surface area contributed by atoms with Crippen molar-refractivity contribution in [3.05, 3.63) is 45.4 Å². The molecule has 0 aliphatic carbocycles. The van der Waals surface area contributed by atoms with Crippen molar-refractivity contribution in [2.75, 3.05) is 11.9 Å². The van der Waals surface area contributed by atoms with Gasteiger partial charge in [0.15, 0.2) is 5.96 Å². The Morgan fingerprint density at radius 2 is 2.00 bits per heavy atom. The molecule has 0 bridgehead atoms. The van der Waals surface area contributed by atoms with E-state index in [0.29, 0.717) is 25.4 Å². The first kappa shape index (κ1) is 25.4. The van der Waals surface area contributed by atoms with Gasteiger partial charge in [-0.3, -0.25) is 4.79 Å². The number of carbonyl (C=O) groups excluding carboxylic acids is 1. The maximum absolute atomic E-state index is 12.0. The normalized spacial score (nSPS) is 11.2. The lowest BCUT2D eigenvalue weighted by atomic mass is 10.1. The Morgan fingerprint density at radius 1 is 1.24 bits per heavy atom.